The fourth-order valence-electron chi connectivity index (χ4n) is 2.43. The van der Waals surface area contributed by atoms with Gasteiger partial charge in [-0.3, -0.25) is 4.79 Å². The number of carbonyl (C=O) groups is 1. The van der Waals surface area contributed by atoms with Gasteiger partial charge in [0.05, 0.1) is 0 Å². The molecule has 1 heteroatoms. The first-order valence-electron chi connectivity index (χ1n) is 5.72. The molecule has 2 aromatic carbocycles. The summed E-state index contributed by atoms with van der Waals surface area (Å²) in [6.45, 7) is 0. The zero-order valence-electron chi connectivity index (χ0n) is 9.39. The SMILES string of the molecule is O=CC1=C(c2ccccc2)c2ccccc2C1. The molecule has 0 spiro atoms. The molecule has 0 N–H and O–H groups in total. The van der Waals surface area contributed by atoms with Gasteiger partial charge in [0.15, 0.2) is 0 Å². The maximum absolute atomic E-state index is 11.2. The molecule has 0 radical (unpaired) electrons. The largest absolute Gasteiger partial charge is 0.298 e. The maximum atomic E-state index is 11.2. The summed E-state index contributed by atoms with van der Waals surface area (Å²) in [7, 11) is 0. The number of aldehydes is 1. The van der Waals surface area contributed by atoms with Crippen LogP contribution in [0.4, 0.5) is 0 Å². The molecule has 1 aliphatic carbocycles. The molecule has 0 unspecified atom stereocenters. The average molecular weight is 220 g/mol. The van der Waals surface area contributed by atoms with E-state index in [2.05, 4.69) is 24.3 Å². The number of allylic oxidation sites excluding steroid dienone is 1. The lowest BCUT2D eigenvalue weighted by Gasteiger charge is -2.06. The first-order valence-corrected chi connectivity index (χ1v) is 5.72. The molecule has 0 fully saturated rings. The third kappa shape index (κ3) is 1.60. The van der Waals surface area contributed by atoms with Crippen LogP contribution in [0.25, 0.3) is 5.57 Å². The lowest BCUT2D eigenvalue weighted by molar-refractivity contribution is -0.104. The smallest absolute Gasteiger partial charge is 0.147 e. The van der Waals surface area contributed by atoms with E-state index >= 15 is 0 Å². The summed E-state index contributed by atoms with van der Waals surface area (Å²) in [6.07, 6.45) is 1.74. The highest BCUT2D eigenvalue weighted by molar-refractivity contribution is 5.99. The van der Waals surface area contributed by atoms with Crippen molar-refractivity contribution in [1.82, 2.24) is 0 Å². The van der Waals surface area contributed by atoms with Gasteiger partial charge in [-0.25, -0.2) is 0 Å². The number of hydrogen-bond acceptors (Lipinski definition) is 1. The Bertz CT molecular complexity index is 594. The minimum Gasteiger partial charge on any atom is -0.298 e. The normalized spacial score (nSPS) is 13.6. The van der Waals surface area contributed by atoms with E-state index in [0.29, 0.717) is 0 Å². The Balaban J connectivity index is 2.22. The summed E-state index contributed by atoms with van der Waals surface area (Å²) in [6, 6.07) is 18.3. The van der Waals surface area contributed by atoms with Crippen LogP contribution in [0.3, 0.4) is 0 Å². The lowest BCUT2D eigenvalue weighted by atomic mass is 9.98. The quantitative estimate of drug-likeness (QED) is 0.710. The van der Waals surface area contributed by atoms with Crippen molar-refractivity contribution in [2.45, 2.75) is 6.42 Å². The molecule has 2 aromatic rings. The van der Waals surface area contributed by atoms with Crippen LogP contribution in [-0.2, 0) is 11.2 Å². The predicted molar refractivity (Wildman–Crippen MR) is 68.7 cm³/mol. The summed E-state index contributed by atoms with van der Waals surface area (Å²) in [4.78, 5) is 11.2. The van der Waals surface area contributed by atoms with Gasteiger partial charge in [0.1, 0.15) is 6.29 Å². The van der Waals surface area contributed by atoms with E-state index in [1.54, 1.807) is 0 Å². The molecule has 17 heavy (non-hydrogen) atoms. The third-order valence-corrected chi connectivity index (χ3v) is 3.19. The molecule has 1 aliphatic rings. The highest BCUT2D eigenvalue weighted by atomic mass is 16.1. The summed E-state index contributed by atoms with van der Waals surface area (Å²) in [5.41, 5.74) is 5.54. The van der Waals surface area contributed by atoms with Gasteiger partial charge in [0.2, 0.25) is 0 Å². The van der Waals surface area contributed by atoms with Crippen molar-refractivity contribution in [2.24, 2.45) is 0 Å². The molecule has 0 aliphatic heterocycles. The van der Waals surface area contributed by atoms with Crippen LogP contribution in [0.2, 0.25) is 0 Å². The Morgan fingerprint density at radius 1 is 0.882 bits per heavy atom. The maximum Gasteiger partial charge on any atom is 0.147 e. The van der Waals surface area contributed by atoms with Crippen LogP contribution in [0.1, 0.15) is 16.7 Å². The summed E-state index contributed by atoms with van der Waals surface area (Å²) in [5, 5.41) is 0. The molecule has 0 saturated carbocycles. The zero-order chi connectivity index (χ0) is 11.7. The Labute approximate surface area is 100 Å². The predicted octanol–water partition coefficient (Wildman–Crippen LogP) is 3.24. The fraction of sp³-hybridized carbons (Fsp3) is 0.0625. The Morgan fingerprint density at radius 2 is 1.59 bits per heavy atom. The first kappa shape index (κ1) is 10.0. The molecule has 0 aromatic heterocycles. The van der Waals surface area contributed by atoms with Crippen LogP contribution < -0.4 is 0 Å². The van der Waals surface area contributed by atoms with Gasteiger partial charge in [-0.1, -0.05) is 54.6 Å². The minimum absolute atomic E-state index is 0.754. The molecule has 0 bridgehead atoms. The average Bonchev–Trinajstić information content (AvgIpc) is 2.78. The van der Waals surface area contributed by atoms with Gasteiger partial charge in [-0.05, 0) is 22.3 Å². The number of hydrogen-bond donors (Lipinski definition) is 0. The van der Waals surface area contributed by atoms with E-state index in [1.165, 1.54) is 11.1 Å². The van der Waals surface area contributed by atoms with Crippen molar-refractivity contribution in [3.05, 3.63) is 76.9 Å². The van der Waals surface area contributed by atoms with Gasteiger partial charge in [-0.2, -0.15) is 0 Å². The number of benzene rings is 2. The van der Waals surface area contributed by atoms with Crippen LogP contribution in [0.5, 0.6) is 0 Å². The standard InChI is InChI=1S/C16H12O/c17-11-14-10-13-8-4-5-9-15(13)16(14)12-6-2-1-3-7-12/h1-9,11H,10H2. The monoisotopic (exact) mass is 220 g/mol. The summed E-state index contributed by atoms with van der Waals surface area (Å²) >= 11 is 0. The minimum atomic E-state index is 0.754. The highest BCUT2D eigenvalue weighted by Gasteiger charge is 2.21. The lowest BCUT2D eigenvalue weighted by Crippen LogP contribution is -1.88. The van der Waals surface area contributed by atoms with Gasteiger partial charge in [0, 0.05) is 12.0 Å². The molecule has 1 nitrogen and oxygen atoms in total. The fourth-order valence-corrected chi connectivity index (χ4v) is 2.43. The van der Waals surface area contributed by atoms with Gasteiger partial charge in [0.25, 0.3) is 0 Å². The Hall–Kier alpha value is -2.15. The van der Waals surface area contributed by atoms with Crippen LogP contribution in [0, 0.1) is 0 Å². The second-order valence-corrected chi connectivity index (χ2v) is 4.22. The van der Waals surface area contributed by atoms with Gasteiger partial charge in [-0.15, -0.1) is 0 Å². The van der Waals surface area contributed by atoms with Crippen molar-refractivity contribution in [2.75, 3.05) is 0 Å². The van der Waals surface area contributed by atoms with E-state index in [9.17, 15) is 4.79 Å². The number of carbonyl (C=O) groups excluding carboxylic acids is 1. The molecule has 0 amide bonds. The van der Waals surface area contributed by atoms with Crippen molar-refractivity contribution < 1.29 is 4.79 Å². The van der Waals surface area contributed by atoms with Gasteiger partial charge >= 0.3 is 0 Å². The zero-order valence-corrected chi connectivity index (χ0v) is 9.39. The summed E-state index contributed by atoms with van der Waals surface area (Å²) in [5.74, 6) is 0. The Kier molecular flexibility index (Phi) is 2.37. The molecule has 0 heterocycles. The van der Waals surface area contributed by atoms with Crippen LogP contribution in [0.15, 0.2) is 60.2 Å². The third-order valence-electron chi connectivity index (χ3n) is 3.19. The molecule has 82 valence electrons. The van der Waals surface area contributed by atoms with Gasteiger partial charge < -0.3 is 0 Å². The first-order chi connectivity index (χ1) is 8.40. The topological polar surface area (TPSA) is 17.1 Å². The van der Waals surface area contributed by atoms with E-state index in [1.807, 2.05) is 30.3 Å². The number of rotatable bonds is 2. The van der Waals surface area contributed by atoms with Crippen LogP contribution in [-0.4, -0.2) is 6.29 Å². The molecule has 0 atom stereocenters. The summed E-state index contributed by atoms with van der Waals surface area (Å²) < 4.78 is 0. The molecular weight excluding hydrogens is 208 g/mol. The van der Waals surface area contributed by atoms with E-state index in [4.69, 9.17) is 0 Å². The molecule has 0 saturated heterocycles. The second-order valence-electron chi connectivity index (χ2n) is 4.22. The molecular formula is C16H12O. The van der Waals surface area contributed by atoms with Crippen molar-refractivity contribution in [3.8, 4) is 0 Å². The van der Waals surface area contributed by atoms with Crippen LogP contribution >= 0.6 is 0 Å². The van der Waals surface area contributed by atoms with E-state index in [0.717, 1.165) is 29.4 Å². The second kappa shape index (κ2) is 4.02. The van der Waals surface area contributed by atoms with E-state index in [-0.39, 0.29) is 0 Å². The Morgan fingerprint density at radius 3 is 2.35 bits per heavy atom. The van der Waals surface area contributed by atoms with Crippen molar-refractivity contribution in [3.63, 3.8) is 0 Å². The molecule has 3 rings (SSSR count). The van der Waals surface area contributed by atoms with Crippen molar-refractivity contribution >= 4 is 11.9 Å². The highest BCUT2D eigenvalue weighted by Crippen LogP contribution is 2.36. The van der Waals surface area contributed by atoms with E-state index < -0.39 is 0 Å². The van der Waals surface area contributed by atoms with Crippen molar-refractivity contribution in [1.29, 1.82) is 0 Å². The number of fused-ring (bicyclic) bond motifs is 1.